The quantitative estimate of drug-likeness (QED) is 0.761. The van der Waals surface area contributed by atoms with Crippen LogP contribution in [0.15, 0.2) is 4.42 Å². The van der Waals surface area contributed by atoms with E-state index in [0.29, 0.717) is 18.4 Å². The van der Waals surface area contributed by atoms with Gasteiger partial charge in [0.2, 0.25) is 11.8 Å². The van der Waals surface area contributed by atoms with Crippen molar-refractivity contribution in [3.63, 3.8) is 0 Å². The summed E-state index contributed by atoms with van der Waals surface area (Å²) in [4.78, 5) is 0. The molecule has 1 aliphatic heterocycles. The minimum atomic E-state index is 0.0590. The molecule has 0 aromatic carbocycles. The Labute approximate surface area is 82.8 Å². The summed E-state index contributed by atoms with van der Waals surface area (Å²) < 4.78 is 10.8. The maximum absolute atomic E-state index is 5.52. The third-order valence-corrected chi connectivity index (χ3v) is 2.17. The molecule has 1 N–H and O–H groups in total. The zero-order valence-corrected chi connectivity index (χ0v) is 8.49. The highest BCUT2D eigenvalue weighted by atomic mass is 16.5. The average molecular weight is 197 g/mol. The monoisotopic (exact) mass is 197 g/mol. The predicted octanol–water partition coefficient (Wildman–Crippen LogP) is 0.854. The van der Waals surface area contributed by atoms with Crippen molar-refractivity contribution in [2.45, 2.75) is 25.8 Å². The summed E-state index contributed by atoms with van der Waals surface area (Å²) in [6.07, 6.45) is 0. The van der Waals surface area contributed by atoms with Gasteiger partial charge in [-0.25, -0.2) is 0 Å². The van der Waals surface area contributed by atoms with E-state index in [1.54, 1.807) is 0 Å². The highest BCUT2D eigenvalue weighted by molar-refractivity contribution is 4.93. The van der Waals surface area contributed by atoms with Crippen LogP contribution in [0.5, 0.6) is 0 Å². The van der Waals surface area contributed by atoms with Crippen LogP contribution in [0.4, 0.5) is 0 Å². The first-order chi connectivity index (χ1) is 6.77. The van der Waals surface area contributed by atoms with Crippen molar-refractivity contribution in [1.82, 2.24) is 15.5 Å². The second kappa shape index (κ2) is 4.06. The van der Waals surface area contributed by atoms with E-state index < -0.39 is 0 Å². The number of rotatable bonds is 2. The summed E-state index contributed by atoms with van der Waals surface area (Å²) in [5, 5.41) is 11.2. The van der Waals surface area contributed by atoms with Gasteiger partial charge in [-0.3, -0.25) is 0 Å². The molecule has 1 atom stereocenters. The van der Waals surface area contributed by atoms with Crippen molar-refractivity contribution in [3.8, 4) is 0 Å². The maximum atomic E-state index is 5.52. The maximum Gasteiger partial charge on any atom is 0.235 e. The lowest BCUT2D eigenvalue weighted by Crippen LogP contribution is -2.34. The van der Waals surface area contributed by atoms with Gasteiger partial charge in [-0.1, -0.05) is 13.8 Å². The van der Waals surface area contributed by atoms with Crippen molar-refractivity contribution < 1.29 is 9.15 Å². The molecular weight excluding hydrogens is 182 g/mol. The minimum Gasteiger partial charge on any atom is -0.423 e. The normalized spacial score (nSPS) is 22.9. The van der Waals surface area contributed by atoms with E-state index in [2.05, 4.69) is 15.5 Å². The van der Waals surface area contributed by atoms with Crippen LogP contribution in [0.25, 0.3) is 0 Å². The summed E-state index contributed by atoms with van der Waals surface area (Å²) in [6, 6.07) is 0.0590. The van der Waals surface area contributed by atoms with Gasteiger partial charge in [-0.15, -0.1) is 10.2 Å². The van der Waals surface area contributed by atoms with Crippen LogP contribution in [0, 0.1) is 0 Å². The molecule has 5 nitrogen and oxygen atoms in total. The van der Waals surface area contributed by atoms with Crippen LogP contribution in [-0.2, 0) is 4.74 Å². The number of ether oxygens (including phenoxy) is 1. The number of nitrogens with one attached hydrogen (secondary N) is 1. The van der Waals surface area contributed by atoms with Crippen LogP contribution < -0.4 is 5.32 Å². The van der Waals surface area contributed by atoms with Crippen molar-refractivity contribution in [2.24, 2.45) is 0 Å². The van der Waals surface area contributed by atoms with Gasteiger partial charge in [0.25, 0.3) is 0 Å². The molecule has 0 aliphatic carbocycles. The standard InChI is InChI=1S/C9H15N3O2/c1-6(2)8-11-12-9(14-8)7-5-13-4-3-10-7/h6-7,10H,3-5H2,1-2H3/t7-/m1/s1. The molecule has 0 radical (unpaired) electrons. The molecule has 14 heavy (non-hydrogen) atoms. The number of nitrogens with zero attached hydrogens (tertiary/aromatic N) is 2. The Morgan fingerprint density at radius 2 is 2.29 bits per heavy atom. The zero-order valence-electron chi connectivity index (χ0n) is 8.49. The Morgan fingerprint density at radius 1 is 1.43 bits per heavy atom. The Morgan fingerprint density at radius 3 is 2.86 bits per heavy atom. The molecule has 1 aromatic rings. The van der Waals surface area contributed by atoms with E-state index in [-0.39, 0.29) is 12.0 Å². The highest BCUT2D eigenvalue weighted by Gasteiger charge is 2.21. The summed E-state index contributed by atoms with van der Waals surface area (Å²) in [6.45, 7) is 6.26. The van der Waals surface area contributed by atoms with Crippen LogP contribution in [-0.4, -0.2) is 30.0 Å². The molecular formula is C9H15N3O2. The Bertz CT molecular complexity index is 292. The molecule has 1 fully saturated rings. The Balaban J connectivity index is 2.07. The smallest absolute Gasteiger partial charge is 0.235 e. The lowest BCUT2D eigenvalue weighted by atomic mass is 10.2. The molecule has 2 rings (SSSR count). The van der Waals surface area contributed by atoms with Crippen LogP contribution >= 0.6 is 0 Å². The number of hydrogen-bond acceptors (Lipinski definition) is 5. The number of hydrogen-bond donors (Lipinski definition) is 1. The van der Waals surface area contributed by atoms with Crippen LogP contribution in [0.1, 0.15) is 37.6 Å². The summed E-state index contributed by atoms with van der Waals surface area (Å²) in [7, 11) is 0. The summed E-state index contributed by atoms with van der Waals surface area (Å²) in [5.74, 6) is 1.60. The molecule has 5 heteroatoms. The molecule has 1 aliphatic rings. The van der Waals surface area contributed by atoms with Gasteiger partial charge in [0.15, 0.2) is 0 Å². The Hall–Kier alpha value is -0.940. The van der Waals surface area contributed by atoms with Gasteiger partial charge in [0, 0.05) is 12.5 Å². The molecule has 78 valence electrons. The molecule has 0 bridgehead atoms. The third-order valence-electron chi connectivity index (χ3n) is 2.17. The fourth-order valence-corrected chi connectivity index (χ4v) is 1.34. The predicted molar refractivity (Wildman–Crippen MR) is 49.9 cm³/mol. The van der Waals surface area contributed by atoms with E-state index in [9.17, 15) is 0 Å². The van der Waals surface area contributed by atoms with E-state index >= 15 is 0 Å². The lowest BCUT2D eigenvalue weighted by Gasteiger charge is -2.20. The first-order valence-electron chi connectivity index (χ1n) is 4.92. The molecule has 0 spiro atoms. The summed E-state index contributed by atoms with van der Waals surface area (Å²) in [5.41, 5.74) is 0. The van der Waals surface area contributed by atoms with Crippen molar-refractivity contribution in [2.75, 3.05) is 19.8 Å². The minimum absolute atomic E-state index is 0.0590. The van der Waals surface area contributed by atoms with Gasteiger partial charge in [0.05, 0.1) is 13.2 Å². The topological polar surface area (TPSA) is 60.2 Å². The van der Waals surface area contributed by atoms with Gasteiger partial charge in [-0.2, -0.15) is 0 Å². The third kappa shape index (κ3) is 1.93. The van der Waals surface area contributed by atoms with Crippen molar-refractivity contribution in [3.05, 3.63) is 11.8 Å². The average Bonchev–Trinajstić information content (AvgIpc) is 2.68. The van der Waals surface area contributed by atoms with Gasteiger partial charge < -0.3 is 14.5 Å². The van der Waals surface area contributed by atoms with E-state index in [1.165, 1.54) is 0 Å². The second-order valence-electron chi connectivity index (χ2n) is 3.71. The van der Waals surface area contributed by atoms with E-state index in [4.69, 9.17) is 9.15 Å². The molecule has 2 heterocycles. The second-order valence-corrected chi connectivity index (χ2v) is 3.71. The van der Waals surface area contributed by atoms with Crippen LogP contribution in [0.3, 0.4) is 0 Å². The molecule has 0 saturated carbocycles. The van der Waals surface area contributed by atoms with E-state index in [1.807, 2.05) is 13.8 Å². The van der Waals surface area contributed by atoms with Gasteiger partial charge in [-0.05, 0) is 0 Å². The SMILES string of the molecule is CC(C)c1nnc([C@H]2COCCN2)o1. The molecule has 1 aromatic heterocycles. The fraction of sp³-hybridized carbons (Fsp3) is 0.778. The van der Waals surface area contributed by atoms with Crippen LogP contribution in [0.2, 0.25) is 0 Å². The summed E-state index contributed by atoms with van der Waals surface area (Å²) >= 11 is 0. The zero-order chi connectivity index (χ0) is 9.97. The first-order valence-corrected chi connectivity index (χ1v) is 4.92. The fourth-order valence-electron chi connectivity index (χ4n) is 1.34. The molecule has 0 amide bonds. The number of aromatic nitrogens is 2. The Kier molecular flexibility index (Phi) is 2.79. The van der Waals surface area contributed by atoms with Gasteiger partial charge >= 0.3 is 0 Å². The van der Waals surface area contributed by atoms with Crippen molar-refractivity contribution in [1.29, 1.82) is 0 Å². The highest BCUT2D eigenvalue weighted by Crippen LogP contribution is 2.18. The lowest BCUT2D eigenvalue weighted by molar-refractivity contribution is 0.0676. The van der Waals surface area contributed by atoms with Gasteiger partial charge in [0.1, 0.15) is 6.04 Å². The molecule has 1 saturated heterocycles. The molecule has 0 unspecified atom stereocenters. The first kappa shape index (κ1) is 9.61. The van der Waals surface area contributed by atoms with E-state index in [0.717, 1.165) is 13.2 Å². The largest absolute Gasteiger partial charge is 0.423 e. The van der Waals surface area contributed by atoms with Crippen molar-refractivity contribution >= 4 is 0 Å². The number of morpholine rings is 1.